The summed E-state index contributed by atoms with van der Waals surface area (Å²) in [6.45, 7) is 1.91. The summed E-state index contributed by atoms with van der Waals surface area (Å²) in [4.78, 5) is 11.4. The van der Waals surface area contributed by atoms with Gasteiger partial charge in [0.2, 0.25) is 0 Å². The lowest BCUT2D eigenvalue weighted by Crippen LogP contribution is -2.39. The van der Waals surface area contributed by atoms with Crippen molar-refractivity contribution in [1.82, 2.24) is 5.32 Å². The molecule has 2 rings (SSSR count). The number of hydrogen-bond donors (Lipinski definition) is 1. The zero-order valence-electron chi connectivity index (χ0n) is 13.0. The van der Waals surface area contributed by atoms with Gasteiger partial charge in [-0.1, -0.05) is 31.4 Å². The van der Waals surface area contributed by atoms with Crippen LogP contribution in [0.4, 0.5) is 0 Å². The third kappa shape index (κ3) is 4.48. The van der Waals surface area contributed by atoms with Gasteiger partial charge in [0.15, 0.2) is 0 Å². The fourth-order valence-electron chi connectivity index (χ4n) is 2.96. The predicted molar refractivity (Wildman–Crippen MR) is 88.8 cm³/mol. The zero-order chi connectivity index (χ0) is 15.1. The number of thioether (sulfide) groups is 1. The Bertz CT molecular complexity index is 452. The minimum absolute atomic E-state index is 0.280. The monoisotopic (exact) mass is 307 g/mol. The summed E-state index contributed by atoms with van der Waals surface area (Å²) in [5.41, 5.74) is 1.81. The summed E-state index contributed by atoms with van der Waals surface area (Å²) < 4.78 is 5.13. The van der Waals surface area contributed by atoms with Crippen LogP contribution in [0.5, 0.6) is 0 Å². The highest BCUT2D eigenvalue weighted by Crippen LogP contribution is 2.37. The molecule has 0 radical (unpaired) electrons. The molecule has 116 valence electrons. The first kappa shape index (κ1) is 16.4. The summed E-state index contributed by atoms with van der Waals surface area (Å²) >= 11 is 2.01. The maximum atomic E-state index is 11.4. The van der Waals surface area contributed by atoms with Crippen LogP contribution in [0.15, 0.2) is 24.3 Å². The van der Waals surface area contributed by atoms with E-state index in [-0.39, 0.29) is 5.97 Å². The Kier molecular flexibility index (Phi) is 6.12. The minimum Gasteiger partial charge on any atom is -0.465 e. The molecule has 0 saturated heterocycles. The van der Waals surface area contributed by atoms with E-state index in [1.807, 2.05) is 36.0 Å². The summed E-state index contributed by atoms with van der Waals surface area (Å²) in [5.74, 6) is -0.280. The van der Waals surface area contributed by atoms with Gasteiger partial charge in [0.1, 0.15) is 0 Å². The SMILES string of the molecule is COC(=O)c1ccc(CNCC2(SC)CCCCC2)cc1. The average molecular weight is 307 g/mol. The molecule has 1 fully saturated rings. The molecular formula is C17H25NO2S. The van der Waals surface area contributed by atoms with Crippen LogP contribution in [0, 0.1) is 0 Å². The molecule has 0 heterocycles. The van der Waals surface area contributed by atoms with Gasteiger partial charge in [-0.2, -0.15) is 11.8 Å². The molecule has 0 bridgehead atoms. The normalized spacial score (nSPS) is 17.4. The van der Waals surface area contributed by atoms with E-state index in [9.17, 15) is 4.79 Å². The Balaban J connectivity index is 1.84. The molecule has 1 saturated carbocycles. The summed E-state index contributed by atoms with van der Waals surface area (Å²) in [5, 5.41) is 3.59. The van der Waals surface area contributed by atoms with Crippen LogP contribution >= 0.6 is 11.8 Å². The van der Waals surface area contributed by atoms with Crippen molar-refractivity contribution in [2.45, 2.75) is 43.4 Å². The van der Waals surface area contributed by atoms with Crippen molar-refractivity contribution in [3.8, 4) is 0 Å². The molecule has 0 aromatic heterocycles. The van der Waals surface area contributed by atoms with Gasteiger partial charge in [-0.05, 0) is 36.8 Å². The largest absolute Gasteiger partial charge is 0.465 e. The molecule has 21 heavy (non-hydrogen) atoms. The highest BCUT2D eigenvalue weighted by molar-refractivity contribution is 8.00. The van der Waals surface area contributed by atoms with E-state index in [0.717, 1.165) is 13.1 Å². The van der Waals surface area contributed by atoms with Crippen molar-refractivity contribution >= 4 is 17.7 Å². The number of methoxy groups -OCH3 is 1. The number of ether oxygens (including phenoxy) is 1. The number of esters is 1. The third-order valence-corrected chi connectivity index (χ3v) is 5.77. The smallest absolute Gasteiger partial charge is 0.337 e. The molecule has 3 nitrogen and oxygen atoms in total. The highest BCUT2D eigenvalue weighted by atomic mass is 32.2. The average Bonchev–Trinajstić information content (AvgIpc) is 2.55. The second kappa shape index (κ2) is 7.85. The summed E-state index contributed by atoms with van der Waals surface area (Å²) in [7, 11) is 1.41. The lowest BCUT2D eigenvalue weighted by Gasteiger charge is -2.36. The number of benzene rings is 1. The van der Waals surface area contributed by atoms with Gasteiger partial charge in [-0.3, -0.25) is 0 Å². The molecular weight excluding hydrogens is 282 g/mol. The molecule has 0 aliphatic heterocycles. The van der Waals surface area contributed by atoms with E-state index < -0.39 is 0 Å². The van der Waals surface area contributed by atoms with Gasteiger partial charge in [-0.25, -0.2) is 4.79 Å². The maximum absolute atomic E-state index is 11.4. The molecule has 4 heteroatoms. The predicted octanol–water partition coefficient (Wildman–Crippen LogP) is 3.63. The first-order chi connectivity index (χ1) is 10.2. The standard InChI is InChI=1S/C17H25NO2S/c1-20-16(19)15-8-6-14(7-9-15)12-18-13-17(21-2)10-4-3-5-11-17/h6-9,18H,3-5,10-13H2,1-2H3. The summed E-state index contributed by atoms with van der Waals surface area (Å²) in [6.07, 6.45) is 8.98. The second-order valence-corrected chi connectivity index (χ2v) is 7.01. The van der Waals surface area contributed by atoms with E-state index >= 15 is 0 Å². The Morgan fingerprint density at radius 3 is 2.48 bits per heavy atom. The molecule has 0 unspecified atom stereocenters. The fraction of sp³-hybridized carbons (Fsp3) is 0.588. The van der Waals surface area contributed by atoms with E-state index in [1.54, 1.807) is 0 Å². The van der Waals surface area contributed by atoms with Crippen molar-refractivity contribution in [3.05, 3.63) is 35.4 Å². The van der Waals surface area contributed by atoms with Gasteiger partial charge in [0.25, 0.3) is 0 Å². The number of nitrogens with one attached hydrogen (secondary N) is 1. The van der Waals surface area contributed by atoms with Crippen molar-refractivity contribution < 1.29 is 9.53 Å². The van der Waals surface area contributed by atoms with Crippen LogP contribution in [0.2, 0.25) is 0 Å². The van der Waals surface area contributed by atoms with Crippen LogP contribution in [0.1, 0.15) is 48.0 Å². The van der Waals surface area contributed by atoms with Gasteiger partial charge in [0, 0.05) is 17.8 Å². The lowest BCUT2D eigenvalue weighted by atomic mass is 9.88. The first-order valence-corrected chi connectivity index (χ1v) is 8.85. The number of hydrogen-bond acceptors (Lipinski definition) is 4. The van der Waals surface area contributed by atoms with Gasteiger partial charge in [0.05, 0.1) is 12.7 Å². The third-order valence-electron chi connectivity index (χ3n) is 4.35. The van der Waals surface area contributed by atoms with Gasteiger partial charge < -0.3 is 10.1 Å². The zero-order valence-corrected chi connectivity index (χ0v) is 13.8. The Morgan fingerprint density at radius 2 is 1.90 bits per heavy atom. The van der Waals surface area contributed by atoms with Crippen LogP contribution < -0.4 is 5.32 Å². The van der Waals surface area contributed by atoms with Crippen molar-refractivity contribution in [2.75, 3.05) is 19.9 Å². The molecule has 1 aliphatic carbocycles. The van der Waals surface area contributed by atoms with E-state index in [0.29, 0.717) is 10.3 Å². The minimum atomic E-state index is -0.280. The molecule has 0 spiro atoms. The van der Waals surface area contributed by atoms with E-state index in [2.05, 4.69) is 11.6 Å². The quantitative estimate of drug-likeness (QED) is 0.815. The number of carbonyl (C=O) groups is 1. The molecule has 0 amide bonds. The first-order valence-electron chi connectivity index (χ1n) is 7.62. The Labute approximate surface area is 131 Å². The van der Waals surface area contributed by atoms with Crippen LogP contribution in [-0.2, 0) is 11.3 Å². The lowest BCUT2D eigenvalue weighted by molar-refractivity contribution is 0.0600. The highest BCUT2D eigenvalue weighted by Gasteiger charge is 2.30. The molecule has 0 atom stereocenters. The topological polar surface area (TPSA) is 38.3 Å². The fourth-order valence-corrected chi connectivity index (χ4v) is 3.90. The van der Waals surface area contributed by atoms with Gasteiger partial charge in [-0.15, -0.1) is 0 Å². The van der Waals surface area contributed by atoms with E-state index in [4.69, 9.17) is 4.74 Å². The second-order valence-electron chi connectivity index (χ2n) is 5.74. The van der Waals surface area contributed by atoms with Crippen LogP contribution in [0.25, 0.3) is 0 Å². The number of carbonyl (C=O) groups excluding carboxylic acids is 1. The molecule has 1 aromatic rings. The Morgan fingerprint density at radius 1 is 1.24 bits per heavy atom. The van der Waals surface area contributed by atoms with Crippen LogP contribution in [-0.4, -0.2) is 30.6 Å². The number of rotatable bonds is 6. The Hall–Kier alpha value is -1.00. The molecule has 1 aliphatic rings. The molecule has 1 aromatic carbocycles. The van der Waals surface area contributed by atoms with Crippen molar-refractivity contribution in [1.29, 1.82) is 0 Å². The van der Waals surface area contributed by atoms with Crippen molar-refractivity contribution in [3.63, 3.8) is 0 Å². The maximum Gasteiger partial charge on any atom is 0.337 e. The van der Waals surface area contributed by atoms with Crippen LogP contribution in [0.3, 0.4) is 0 Å². The van der Waals surface area contributed by atoms with Crippen molar-refractivity contribution in [2.24, 2.45) is 0 Å². The summed E-state index contributed by atoms with van der Waals surface area (Å²) in [6, 6.07) is 7.64. The molecule has 1 N–H and O–H groups in total. The van der Waals surface area contributed by atoms with E-state index in [1.165, 1.54) is 44.8 Å². The van der Waals surface area contributed by atoms with Gasteiger partial charge >= 0.3 is 5.97 Å².